The summed E-state index contributed by atoms with van der Waals surface area (Å²) in [6.07, 6.45) is 4.64. The predicted octanol–water partition coefficient (Wildman–Crippen LogP) is 5.39. The Hall–Kier alpha value is -4.28. The summed E-state index contributed by atoms with van der Waals surface area (Å²) < 4.78 is 53.9. The monoisotopic (exact) mass is 724 g/mol. The van der Waals surface area contributed by atoms with Crippen LogP contribution in [0.1, 0.15) is 25.7 Å². The first kappa shape index (κ1) is 31.7. The fraction of sp³-hybridized carbons (Fsp3) is 0.455. The van der Waals surface area contributed by atoms with Crippen molar-refractivity contribution in [2.24, 2.45) is 11.8 Å². The predicted molar refractivity (Wildman–Crippen MR) is 182 cm³/mol. The molecule has 260 valence electrons. The fourth-order valence-corrected chi connectivity index (χ4v) is 9.58. The number of aromatic nitrogens is 6. The number of carbonyl (C=O) groups excluding carboxylic acids is 1. The molecule has 5 aromatic rings. The van der Waals surface area contributed by atoms with Crippen LogP contribution in [-0.4, -0.2) is 103 Å². The number of likely N-dealkylation sites (tertiary alicyclic amines) is 1. The summed E-state index contributed by atoms with van der Waals surface area (Å²) in [5.74, 6) is -0.404. The summed E-state index contributed by atoms with van der Waals surface area (Å²) in [7, 11) is 0. The maximum Gasteiger partial charge on any atom is 0.346 e. The molecule has 2 unspecified atom stereocenters. The standard InChI is InChI=1S/C33H32ClF3N10O2S/c34-22-8-21-26(25(37)24(22)20-2-3-23(36)28-27(20)41-30(38)50-28)42-31(49-14-33-5-1-6-46(33)13-19(35)9-33)43-29(21)44-7-4-17-10-45(12-18(17)11-44)32(48)47-16-39-15-40-47/h2-3,8,15-19H,1,4-7,9-14H2,(H2,38,41)/t17?,18?,19-,33+/m1/s1. The molecule has 1 amide bonds. The highest BCUT2D eigenvalue weighted by Crippen LogP contribution is 2.45. The fourth-order valence-electron chi connectivity index (χ4n) is 8.52. The van der Waals surface area contributed by atoms with E-state index in [9.17, 15) is 13.6 Å². The minimum Gasteiger partial charge on any atom is -0.461 e. The van der Waals surface area contributed by atoms with E-state index < -0.39 is 23.3 Å². The Balaban J connectivity index is 1.11. The van der Waals surface area contributed by atoms with Crippen molar-refractivity contribution in [2.75, 3.05) is 56.5 Å². The van der Waals surface area contributed by atoms with Gasteiger partial charge in [-0.2, -0.15) is 19.7 Å². The van der Waals surface area contributed by atoms with Gasteiger partial charge in [0.15, 0.2) is 10.9 Å². The average Bonchev–Trinajstić information content (AvgIpc) is 3.93. The van der Waals surface area contributed by atoms with Gasteiger partial charge in [0.25, 0.3) is 0 Å². The molecule has 7 heterocycles. The number of halogens is 4. The third kappa shape index (κ3) is 5.13. The SMILES string of the molecule is Nc1nc2c(-c3c(Cl)cc4c(N5CCC6CN(C(=O)n7cncn7)CC6C5)nc(OC[C@@]56CCCN5C[C@H](F)C6)nc4c3F)ccc(F)c2s1. The minimum atomic E-state index is -0.940. The summed E-state index contributed by atoms with van der Waals surface area (Å²) in [6, 6.07) is 4.05. The van der Waals surface area contributed by atoms with Crippen molar-refractivity contribution in [1.82, 2.24) is 39.5 Å². The van der Waals surface area contributed by atoms with Crippen LogP contribution >= 0.6 is 22.9 Å². The molecular formula is C33H32ClF3N10O2S. The van der Waals surface area contributed by atoms with Gasteiger partial charge in [0.2, 0.25) is 0 Å². The number of rotatable bonds is 5. The molecule has 0 bridgehead atoms. The van der Waals surface area contributed by atoms with E-state index >= 15 is 4.39 Å². The second kappa shape index (κ2) is 11.9. The van der Waals surface area contributed by atoms with E-state index in [2.05, 4.69) is 29.9 Å². The Morgan fingerprint density at radius 1 is 1.10 bits per heavy atom. The zero-order chi connectivity index (χ0) is 34.3. The molecule has 4 saturated heterocycles. The molecule has 4 fully saturated rings. The maximum absolute atomic E-state index is 17.0. The average molecular weight is 725 g/mol. The Morgan fingerprint density at radius 3 is 2.80 bits per heavy atom. The molecule has 2 aromatic carbocycles. The molecule has 50 heavy (non-hydrogen) atoms. The van der Waals surface area contributed by atoms with Crippen LogP contribution in [0.3, 0.4) is 0 Å². The third-order valence-electron chi connectivity index (χ3n) is 10.8. The van der Waals surface area contributed by atoms with E-state index in [1.165, 1.54) is 29.5 Å². The van der Waals surface area contributed by atoms with E-state index in [4.69, 9.17) is 27.1 Å². The lowest BCUT2D eigenvalue weighted by molar-refractivity contribution is 0.107. The number of nitrogen functional groups attached to an aromatic ring is 1. The maximum atomic E-state index is 17.0. The van der Waals surface area contributed by atoms with Crippen LogP contribution < -0.4 is 15.4 Å². The molecule has 4 aliphatic rings. The summed E-state index contributed by atoms with van der Waals surface area (Å²) in [6.45, 7) is 3.59. The van der Waals surface area contributed by atoms with Crippen LogP contribution in [0, 0.1) is 23.5 Å². The van der Waals surface area contributed by atoms with Gasteiger partial charge in [-0.3, -0.25) is 4.90 Å². The van der Waals surface area contributed by atoms with Gasteiger partial charge >= 0.3 is 12.0 Å². The third-order valence-corrected chi connectivity index (χ3v) is 12.0. The van der Waals surface area contributed by atoms with Crippen LogP contribution in [0.4, 0.5) is 28.9 Å². The largest absolute Gasteiger partial charge is 0.461 e. The molecule has 0 spiro atoms. The number of hydrogen-bond donors (Lipinski definition) is 1. The van der Waals surface area contributed by atoms with E-state index in [0.717, 1.165) is 37.1 Å². The quantitative estimate of drug-likeness (QED) is 0.252. The lowest BCUT2D eigenvalue weighted by atomic mass is 9.88. The van der Waals surface area contributed by atoms with Gasteiger partial charge < -0.3 is 20.3 Å². The molecule has 0 aliphatic carbocycles. The van der Waals surface area contributed by atoms with E-state index in [0.29, 0.717) is 50.3 Å². The first-order valence-electron chi connectivity index (χ1n) is 16.6. The second-order valence-electron chi connectivity index (χ2n) is 13.7. The molecule has 2 N–H and O–H groups in total. The lowest BCUT2D eigenvalue weighted by Crippen LogP contribution is -2.43. The number of ether oxygens (including phenoxy) is 1. The van der Waals surface area contributed by atoms with Crippen molar-refractivity contribution in [1.29, 1.82) is 0 Å². The number of piperidine rings is 1. The number of benzene rings is 2. The van der Waals surface area contributed by atoms with Gasteiger partial charge in [-0.05, 0) is 55.8 Å². The molecule has 4 atom stereocenters. The number of anilines is 2. The summed E-state index contributed by atoms with van der Waals surface area (Å²) in [5, 5.41) is 4.60. The molecule has 0 saturated carbocycles. The van der Waals surface area contributed by atoms with Crippen LogP contribution in [0.2, 0.25) is 5.02 Å². The normalized spacial score (nSPS) is 25.2. The smallest absolute Gasteiger partial charge is 0.346 e. The van der Waals surface area contributed by atoms with Gasteiger partial charge in [0, 0.05) is 55.7 Å². The number of amides is 1. The van der Waals surface area contributed by atoms with Crippen molar-refractivity contribution >= 4 is 61.0 Å². The highest BCUT2D eigenvalue weighted by atomic mass is 35.5. The number of hydrogen-bond acceptors (Lipinski definition) is 11. The minimum absolute atomic E-state index is 0.0125. The zero-order valence-corrected chi connectivity index (χ0v) is 28.3. The van der Waals surface area contributed by atoms with Crippen LogP contribution in [0.25, 0.3) is 32.2 Å². The molecule has 17 heteroatoms. The molecule has 12 nitrogen and oxygen atoms in total. The topological polar surface area (TPSA) is 131 Å². The Bertz CT molecular complexity index is 2150. The van der Waals surface area contributed by atoms with Gasteiger partial charge in [-0.1, -0.05) is 22.9 Å². The van der Waals surface area contributed by atoms with Crippen LogP contribution in [0.5, 0.6) is 6.01 Å². The van der Waals surface area contributed by atoms with Gasteiger partial charge in [-0.15, -0.1) is 0 Å². The van der Waals surface area contributed by atoms with Crippen LogP contribution in [0.15, 0.2) is 30.9 Å². The van der Waals surface area contributed by atoms with E-state index in [1.54, 1.807) is 11.0 Å². The Kier molecular flexibility index (Phi) is 7.55. The summed E-state index contributed by atoms with van der Waals surface area (Å²) >= 11 is 7.83. The van der Waals surface area contributed by atoms with Crippen molar-refractivity contribution in [2.45, 2.75) is 37.4 Å². The van der Waals surface area contributed by atoms with Crippen molar-refractivity contribution in [3.8, 4) is 17.1 Å². The first-order chi connectivity index (χ1) is 24.2. The highest BCUT2D eigenvalue weighted by Gasteiger charge is 2.49. The van der Waals surface area contributed by atoms with Gasteiger partial charge in [0.05, 0.1) is 20.8 Å². The molecular weight excluding hydrogens is 693 g/mol. The lowest BCUT2D eigenvalue weighted by Gasteiger charge is -2.35. The molecule has 4 aliphatic heterocycles. The Labute approximate surface area is 293 Å². The number of alkyl halides is 1. The van der Waals surface area contributed by atoms with E-state index in [1.807, 2.05) is 0 Å². The molecule has 3 aromatic heterocycles. The number of nitrogens with zero attached hydrogens (tertiary/aromatic N) is 9. The van der Waals surface area contributed by atoms with Crippen molar-refractivity contribution in [3.05, 3.63) is 47.5 Å². The second-order valence-corrected chi connectivity index (χ2v) is 15.2. The summed E-state index contributed by atoms with van der Waals surface area (Å²) in [4.78, 5) is 36.7. The first-order valence-corrected chi connectivity index (χ1v) is 17.8. The van der Waals surface area contributed by atoms with Crippen LogP contribution in [-0.2, 0) is 0 Å². The number of thiazole rings is 1. The number of nitrogens with two attached hydrogens (primary N) is 1. The molecule has 0 radical (unpaired) electrons. The zero-order valence-electron chi connectivity index (χ0n) is 26.7. The number of carbonyl (C=O) groups is 1. The summed E-state index contributed by atoms with van der Waals surface area (Å²) in [5.41, 5.74) is 5.95. The Morgan fingerprint density at radius 2 is 1.96 bits per heavy atom. The van der Waals surface area contributed by atoms with Crippen molar-refractivity contribution < 1.29 is 22.7 Å². The number of fused-ring (bicyclic) bond motifs is 4. The van der Waals surface area contributed by atoms with Gasteiger partial charge in [-0.25, -0.2) is 27.9 Å². The van der Waals surface area contributed by atoms with Crippen molar-refractivity contribution in [3.63, 3.8) is 0 Å². The van der Waals surface area contributed by atoms with Gasteiger partial charge in [0.1, 0.15) is 42.6 Å². The molecule has 9 rings (SSSR count). The van der Waals surface area contributed by atoms with E-state index in [-0.39, 0.29) is 67.5 Å². The highest BCUT2D eigenvalue weighted by molar-refractivity contribution is 7.22.